The van der Waals surface area contributed by atoms with Crippen LogP contribution in [0.4, 0.5) is 0 Å². The van der Waals surface area contributed by atoms with Gasteiger partial charge >= 0.3 is 8.56 Å². The summed E-state index contributed by atoms with van der Waals surface area (Å²) in [6, 6.07) is 0. The van der Waals surface area contributed by atoms with Gasteiger partial charge in [0.25, 0.3) is 0 Å². The first-order chi connectivity index (χ1) is 11.1. The van der Waals surface area contributed by atoms with Crippen molar-refractivity contribution in [1.29, 1.82) is 0 Å². The van der Waals surface area contributed by atoms with E-state index in [1.807, 2.05) is 0 Å². The van der Waals surface area contributed by atoms with Crippen LogP contribution in [-0.2, 0) is 8.85 Å². The van der Waals surface area contributed by atoms with Gasteiger partial charge < -0.3 is 13.8 Å². The van der Waals surface area contributed by atoms with E-state index in [1.54, 1.807) is 0 Å². The maximum Gasteiger partial charge on any atom is 0.358 e. The topological polar surface area (TPSA) is 21.7 Å². The molecule has 1 saturated heterocycles. The van der Waals surface area contributed by atoms with Crippen LogP contribution in [0.1, 0.15) is 71.6 Å². The molecular weight excluding hydrogens is 302 g/mol. The van der Waals surface area contributed by atoms with Gasteiger partial charge in [-0.25, -0.2) is 0 Å². The highest BCUT2D eigenvalue weighted by Gasteiger charge is 2.45. The number of likely N-dealkylation sites (tertiary alicyclic amines) is 1. The van der Waals surface area contributed by atoms with Gasteiger partial charge in [-0.15, -0.1) is 0 Å². The van der Waals surface area contributed by atoms with E-state index in [0.717, 1.165) is 19.8 Å². The Hall–Kier alpha value is -0.323. The third kappa shape index (κ3) is 4.83. The van der Waals surface area contributed by atoms with Crippen molar-refractivity contribution in [2.24, 2.45) is 5.92 Å². The summed E-state index contributed by atoms with van der Waals surface area (Å²) in [4.78, 5) is 2.63. The Bertz CT molecular complexity index is 362. The lowest BCUT2D eigenvalue weighted by Gasteiger charge is -2.44. The second-order valence-electron chi connectivity index (χ2n) is 7.27. The van der Waals surface area contributed by atoms with Crippen molar-refractivity contribution in [3.63, 3.8) is 0 Å². The van der Waals surface area contributed by atoms with Crippen LogP contribution in [0.5, 0.6) is 0 Å². The summed E-state index contributed by atoms with van der Waals surface area (Å²) in [7, 11) is -2.21. The first-order valence-corrected chi connectivity index (χ1v) is 12.2. The molecule has 0 aromatic heterocycles. The molecule has 4 heteroatoms. The lowest BCUT2D eigenvalue weighted by Crippen LogP contribution is -2.58. The fourth-order valence-electron chi connectivity index (χ4n) is 4.47. The van der Waals surface area contributed by atoms with Gasteiger partial charge in [0, 0.05) is 25.5 Å². The molecule has 1 aliphatic carbocycles. The fraction of sp³-hybridized carbons (Fsp3) is 0.895. The molecule has 1 heterocycles. The quantitative estimate of drug-likeness (QED) is 0.609. The summed E-state index contributed by atoms with van der Waals surface area (Å²) < 4.78 is 12.5. The maximum atomic E-state index is 6.27. The van der Waals surface area contributed by atoms with Crippen LogP contribution in [0, 0.1) is 5.92 Å². The molecule has 0 bridgehead atoms. The van der Waals surface area contributed by atoms with Crippen molar-refractivity contribution >= 4 is 8.56 Å². The normalized spacial score (nSPS) is 24.5. The third-order valence-corrected chi connectivity index (χ3v) is 9.20. The van der Waals surface area contributed by atoms with E-state index in [1.165, 1.54) is 63.5 Å². The predicted octanol–water partition coefficient (Wildman–Crippen LogP) is 5.01. The van der Waals surface area contributed by atoms with Gasteiger partial charge in [0.2, 0.25) is 0 Å². The highest BCUT2D eigenvalue weighted by Crippen LogP contribution is 2.36. The minimum atomic E-state index is -2.21. The van der Waals surface area contributed by atoms with E-state index < -0.39 is 8.56 Å². The molecule has 1 saturated carbocycles. The minimum Gasteiger partial charge on any atom is -0.394 e. The van der Waals surface area contributed by atoms with Crippen LogP contribution < -0.4 is 0 Å². The van der Waals surface area contributed by atoms with Crippen LogP contribution in [-0.4, -0.2) is 38.9 Å². The molecule has 0 aromatic rings. The summed E-state index contributed by atoms with van der Waals surface area (Å²) in [5, 5.41) is 0. The van der Waals surface area contributed by atoms with Gasteiger partial charge in [0.1, 0.15) is 0 Å². The number of allylic oxidation sites excluding steroid dienone is 1. The second kappa shape index (κ2) is 9.24. The zero-order chi connectivity index (χ0) is 16.7. The van der Waals surface area contributed by atoms with Crippen molar-refractivity contribution in [3.05, 3.63) is 12.3 Å². The zero-order valence-corrected chi connectivity index (χ0v) is 16.6. The largest absolute Gasteiger partial charge is 0.394 e. The van der Waals surface area contributed by atoms with E-state index in [9.17, 15) is 0 Å². The van der Waals surface area contributed by atoms with Crippen LogP contribution in [0.15, 0.2) is 12.3 Å². The predicted molar refractivity (Wildman–Crippen MR) is 99.5 cm³/mol. The Morgan fingerprint density at radius 1 is 0.957 bits per heavy atom. The molecule has 0 N–H and O–H groups in total. The Morgan fingerprint density at radius 2 is 1.52 bits per heavy atom. The monoisotopic (exact) mass is 339 g/mol. The Morgan fingerprint density at radius 3 is 2.13 bits per heavy atom. The first kappa shape index (κ1) is 19.0. The number of hydrogen-bond donors (Lipinski definition) is 0. The van der Waals surface area contributed by atoms with Gasteiger partial charge in [-0.2, -0.15) is 0 Å². The highest BCUT2D eigenvalue weighted by molar-refractivity contribution is 6.67. The standard InChI is InChI=1S/C19H37NO2Si/c1-5-21-23(4,22-6-2)19-15-11-8-12-16-20(19)17(3)18-13-9-7-10-14-18/h18-19H,3,5-16H2,1-2,4H3. The highest BCUT2D eigenvalue weighted by atomic mass is 28.4. The summed E-state index contributed by atoms with van der Waals surface area (Å²) in [6.45, 7) is 13.7. The molecule has 1 unspecified atom stereocenters. The lowest BCUT2D eigenvalue weighted by molar-refractivity contribution is 0.138. The maximum absolute atomic E-state index is 6.27. The van der Waals surface area contributed by atoms with E-state index in [0.29, 0.717) is 11.6 Å². The molecule has 0 spiro atoms. The van der Waals surface area contributed by atoms with E-state index in [4.69, 9.17) is 8.85 Å². The first-order valence-electron chi connectivity index (χ1n) is 9.85. The van der Waals surface area contributed by atoms with Crippen molar-refractivity contribution in [3.8, 4) is 0 Å². The number of rotatable bonds is 7. The van der Waals surface area contributed by atoms with Crippen molar-refractivity contribution in [2.45, 2.75) is 83.8 Å². The van der Waals surface area contributed by atoms with Crippen molar-refractivity contribution in [2.75, 3.05) is 19.8 Å². The van der Waals surface area contributed by atoms with Crippen molar-refractivity contribution < 1.29 is 8.85 Å². The average Bonchev–Trinajstić information content (AvgIpc) is 2.82. The Labute approximate surface area is 144 Å². The van der Waals surface area contributed by atoms with Gasteiger partial charge in [0.15, 0.2) is 0 Å². The third-order valence-electron chi connectivity index (χ3n) is 5.67. The molecule has 2 fully saturated rings. The molecular formula is C19H37NO2Si. The molecule has 1 aliphatic heterocycles. The summed E-state index contributed by atoms with van der Waals surface area (Å²) in [5.74, 6) is 0.686. The van der Waals surface area contributed by atoms with Crippen molar-refractivity contribution in [1.82, 2.24) is 4.90 Å². The van der Waals surface area contributed by atoms with Gasteiger partial charge in [-0.1, -0.05) is 38.7 Å². The van der Waals surface area contributed by atoms with E-state index in [-0.39, 0.29) is 0 Å². The van der Waals surface area contributed by atoms with Crippen LogP contribution in [0.2, 0.25) is 6.55 Å². The molecule has 3 nitrogen and oxygen atoms in total. The Balaban J connectivity index is 2.18. The molecule has 2 rings (SSSR count). The Kier molecular flexibility index (Phi) is 7.63. The smallest absolute Gasteiger partial charge is 0.358 e. The lowest BCUT2D eigenvalue weighted by atomic mass is 9.86. The molecule has 2 aliphatic rings. The van der Waals surface area contributed by atoms with E-state index >= 15 is 0 Å². The average molecular weight is 340 g/mol. The molecule has 0 amide bonds. The summed E-state index contributed by atoms with van der Waals surface area (Å²) >= 11 is 0. The molecule has 23 heavy (non-hydrogen) atoms. The molecule has 1 atom stereocenters. The molecule has 134 valence electrons. The number of hydrogen-bond acceptors (Lipinski definition) is 3. The number of nitrogens with zero attached hydrogens (tertiary/aromatic N) is 1. The van der Waals surface area contributed by atoms with Crippen LogP contribution in [0.3, 0.4) is 0 Å². The molecule has 0 radical (unpaired) electrons. The second-order valence-corrected chi connectivity index (χ2v) is 10.5. The summed E-state index contributed by atoms with van der Waals surface area (Å²) in [5.41, 5.74) is 1.81. The fourth-order valence-corrected chi connectivity index (χ4v) is 7.68. The van der Waals surface area contributed by atoms with Gasteiger partial charge in [-0.3, -0.25) is 0 Å². The summed E-state index contributed by atoms with van der Waals surface area (Å²) in [6.07, 6.45) is 11.9. The SMILES string of the molecule is C=C(C1CCCCC1)N1CCCCCC1[Si](C)(OCC)OCC. The zero-order valence-electron chi connectivity index (χ0n) is 15.6. The molecule has 0 aromatic carbocycles. The van der Waals surface area contributed by atoms with Gasteiger partial charge in [0.05, 0.1) is 5.67 Å². The minimum absolute atomic E-state index is 0.430. The van der Waals surface area contributed by atoms with Gasteiger partial charge in [-0.05, 0) is 52.0 Å². The van der Waals surface area contributed by atoms with E-state index in [2.05, 4.69) is 31.9 Å². The van der Waals surface area contributed by atoms with Crippen LogP contribution >= 0.6 is 0 Å². The van der Waals surface area contributed by atoms with Crippen LogP contribution in [0.25, 0.3) is 0 Å².